The molecule has 1 aromatic heterocycles. The number of aromatic nitrogens is 1. The summed E-state index contributed by atoms with van der Waals surface area (Å²) in [5.41, 5.74) is 5.92. The van der Waals surface area contributed by atoms with Crippen molar-refractivity contribution < 1.29 is 9.59 Å². The number of amides is 2. The fourth-order valence-corrected chi connectivity index (χ4v) is 2.69. The molecule has 0 atom stereocenters. The van der Waals surface area contributed by atoms with Gasteiger partial charge in [0, 0.05) is 11.9 Å². The number of aromatic amines is 1. The Balaban J connectivity index is 1.97. The SMILES string of the molecule is NC(=O)CN(Cc1ccccc1)C(=O)c1cc2ccccc2c(=O)[nH]1. The third-order valence-electron chi connectivity index (χ3n) is 3.83. The molecule has 1 heterocycles. The second-order valence-electron chi connectivity index (χ2n) is 5.71. The number of nitrogens with zero attached hydrogens (tertiary/aromatic N) is 1. The van der Waals surface area contributed by atoms with Crippen LogP contribution < -0.4 is 11.3 Å². The highest BCUT2D eigenvalue weighted by atomic mass is 16.2. The number of pyridine rings is 1. The molecule has 2 aromatic carbocycles. The Morgan fingerprint density at radius 2 is 1.68 bits per heavy atom. The van der Waals surface area contributed by atoms with Gasteiger partial charge in [0.05, 0.1) is 0 Å². The van der Waals surface area contributed by atoms with E-state index in [-0.39, 0.29) is 24.3 Å². The minimum absolute atomic E-state index is 0.126. The summed E-state index contributed by atoms with van der Waals surface area (Å²) in [4.78, 5) is 40.3. The quantitative estimate of drug-likeness (QED) is 0.742. The minimum atomic E-state index is -0.618. The highest BCUT2D eigenvalue weighted by molar-refractivity contribution is 5.97. The van der Waals surface area contributed by atoms with Gasteiger partial charge < -0.3 is 15.6 Å². The first-order chi connectivity index (χ1) is 12.0. The molecule has 6 heteroatoms. The first-order valence-electron chi connectivity index (χ1n) is 7.78. The topological polar surface area (TPSA) is 96.3 Å². The lowest BCUT2D eigenvalue weighted by Gasteiger charge is -2.21. The fraction of sp³-hybridized carbons (Fsp3) is 0.105. The van der Waals surface area contributed by atoms with Crippen molar-refractivity contribution in [1.82, 2.24) is 9.88 Å². The van der Waals surface area contributed by atoms with Crippen LogP contribution in [0, 0.1) is 0 Å². The maximum absolute atomic E-state index is 12.8. The molecular weight excluding hydrogens is 318 g/mol. The summed E-state index contributed by atoms with van der Waals surface area (Å²) >= 11 is 0. The number of hydrogen-bond acceptors (Lipinski definition) is 3. The van der Waals surface area contributed by atoms with Crippen molar-refractivity contribution in [1.29, 1.82) is 0 Å². The molecule has 0 saturated carbocycles. The normalized spacial score (nSPS) is 10.6. The molecule has 0 radical (unpaired) electrons. The van der Waals surface area contributed by atoms with E-state index >= 15 is 0 Å². The molecule has 3 N–H and O–H groups in total. The van der Waals surface area contributed by atoms with Gasteiger partial charge in [-0.05, 0) is 23.1 Å². The first-order valence-corrected chi connectivity index (χ1v) is 7.78. The van der Waals surface area contributed by atoms with Crippen LogP contribution in [-0.2, 0) is 11.3 Å². The molecule has 0 unspecified atom stereocenters. The Labute approximate surface area is 143 Å². The molecule has 25 heavy (non-hydrogen) atoms. The monoisotopic (exact) mass is 335 g/mol. The molecule has 2 amide bonds. The number of fused-ring (bicyclic) bond motifs is 1. The van der Waals surface area contributed by atoms with Gasteiger partial charge >= 0.3 is 0 Å². The minimum Gasteiger partial charge on any atom is -0.368 e. The van der Waals surface area contributed by atoms with Gasteiger partial charge in [-0.25, -0.2) is 0 Å². The molecule has 0 bridgehead atoms. The van der Waals surface area contributed by atoms with Gasteiger partial charge in [-0.15, -0.1) is 0 Å². The molecule has 6 nitrogen and oxygen atoms in total. The summed E-state index contributed by atoms with van der Waals surface area (Å²) in [6.45, 7) is -0.0138. The smallest absolute Gasteiger partial charge is 0.271 e. The average molecular weight is 335 g/mol. The van der Waals surface area contributed by atoms with E-state index in [0.29, 0.717) is 10.8 Å². The van der Waals surface area contributed by atoms with Crippen LogP contribution in [0.4, 0.5) is 0 Å². The van der Waals surface area contributed by atoms with Gasteiger partial charge in [0.15, 0.2) is 0 Å². The van der Waals surface area contributed by atoms with Crippen LogP contribution in [0.2, 0.25) is 0 Å². The number of nitrogens with two attached hydrogens (primary N) is 1. The molecule has 0 spiro atoms. The number of rotatable bonds is 5. The lowest BCUT2D eigenvalue weighted by atomic mass is 10.1. The standard InChI is InChI=1S/C19H17N3O3/c20-17(23)12-22(11-13-6-2-1-3-7-13)19(25)16-10-14-8-4-5-9-15(14)18(24)21-16/h1-10H,11-12H2,(H2,20,23)(H,21,24). The number of primary amides is 1. The Kier molecular flexibility index (Phi) is 4.61. The van der Waals surface area contributed by atoms with Gasteiger partial charge in [-0.1, -0.05) is 48.5 Å². The maximum atomic E-state index is 12.8. The number of carbonyl (C=O) groups excluding carboxylic acids is 2. The van der Waals surface area contributed by atoms with Crippen LogP contribution >= 0.6 is 0 Å². The van der Waals surface area contributed by atoms with Gasteiger partial charge in [0.1, 0.15) is 12.2 Å². The van der Waals surface area contributed by atoms with Crippen LogP contribution in [0.15, 0.2) is 65.5 Å². The first kappa shape index (κ1) is 16.4. The van der Waals surface area contributed by atoms with Gasteiger partial charge in [0.2, 0.25) is 5.91 Å². The maximum Gasteiger partial charge on any atom is 0.271 e. The third kappa shape index (κ3) is 3.74. The number of hydrogen-bond donors (Lipinski definition) is 2. The van der Waals surface area contributed by atoms with Crippen molar-refractivity contribution in [2.75, 3.05) is 6.54 Å². The largest absolute Gasteiger partial charge is 0.368 e. The summed E-state index contributed by atoms with van der Waals surface area (Å²) in [7, 11) is 0. The average Bonchev–Trinajstić information content (AvgIpc) is 2.61. The molecule has 126 valence electrons. The van der Waals surface area contributed by atoms with Crippen molar-refractivity contribution in [3.63, 3.8) is 0 Å². The molecule has 0 fully saturated rings. The summed E-state index contributed by atoms with van der Waals surface area (Å²) in [6.07, 6.45) is 0. The van der Waals surface area contributed by atoms with Crippen LogP contribution in [0.1, 0.15) is 16.1 Å². The molecule has 0 aliphatic carbocycles. The summed E-state index contributed by atoms with van der Waals surface area (Å²) in [5.74, 6) is -1.07. The van der Waals surface area contributed by atoms with Crippen LogP contribution in [0.5, 0.6) is 0 Å². The molecule has 0 saturated heterocycles. The molecule has 3 rings (SSSR count). The van der Waals surface area contributed by atoms with Crippen molar-refractivity contribution >= 4 is 22.6 Å². The van der Waals surface area contributed by atoms with Gasteiger partial charge in [-0.3, -0.25) is 14.4 Å². The number of nitrogens with one attached hydrogen (secondary N) is 1. The van der Waals surface area contributed by atoms with E-state index in [4.69, 9.17) is 5.73 Å². The summed E-state index contributed by atoms with van der Waals surface area (Å²) in [6, 6.07) is 17.9. The zero-order valence-corrected chi connectivity index (χ0v) is 13.4. The van der Waals surface area contributed by atoms with Crippen molar-refractivity contribution in [3.8, 4) is 0 Å². The van der Waals surface area contributed by atoms with Crippen LogP contribution in [0.3, 0.4) is 0 Å². The number of benzene rings is 2. The second kappa shape index (κ2) is 7.00. The van der Waals surface area contributed by atoms with E-state index in [0.717, 1.165) is 5.56 Å². The number of carbonyl (C=O) groups is 2. The highest BCUT2D eigenvalue weighted by Crippen LogP contribution is 2.13. The van der Waals surface area contributed by atoms with Crippen molar-refractivity contribution in [3.05, 3.63) is 82.3 Å². The molecule has 0 aliphatic heterocycles. The summed E-state index contributed by atoms with van der Waals surface area (Å²) < 4.78 is 0. The third-order valence-corrected chi connectivity index (χ3v) is 3.83. The van der Waals surface area contributed by atoms with Crippen molar-refractivity contribution in [2.24, 2.45) is 5.73 Å². The second-order valence-corrected chi connectivity index (χ2v) is 5.71. The summed E-state index contributed by atoms with van der Waals surface area (Å²) in [5, 5.41) is 1.16. The Morgan fingerprint density at radius 3 is 2.40 bits per heavy atom. The van der Waals surface area contributed by atoms with Crippen LogP contribution in [0.25, 0.3) is 10.8 Å². The Bertz CT molecular complexity index is 980. The highest BCUT2D eigenvalue weighted by Gasteiger charge is 2.19. The van der Waals surface area contributed by atoms with E-state index in [9.17, 15) is 14.4 Å². The van der Waals surface area contributed by atoms with E-state index in [1.807, 2.05) is 30.3 Å². The molecular formula is C19H17N3O3. The fourth-order valence-electron chi connectivity index (χ4n) is 2.69. The van der Waals surface area contributed by atoms with Crippen LogP contribution in [-0.4, -0.2) is 28.2 Å². The Morgan fingerprint density at radius 1 is 1.00 bits per heavy atom. The zero-order valence-electron chi connectivity index (χ0n) is 13.4. The van der Waals surface area contributed by atoms with Gasteiger partial charge in [-0.2, -0.15) is 0 Å². The Hall–Kier alpha value is -3.41. The molecule has 0 aliphatic rings. The van der Waals surface area contributed by atoms with Crippen molar-refractivity contribution in [2.45, 2.75) is 6.54 Å². The number of H-pyrrole nitrogens is 1. The van der Waals surface area contributed by atoms with E-state index in [2.05, 4.69) is 4.98 Å². The lowest BCUT2D eigenvalue weighted by Crippen LogP contribution is -2.38. The molecule has 3 aromatic rings. The predicted octanol–water partition coefficient (Wildman–Crippen LogP) is 1.66. The zero-order chi connectivity index (χ0) is 17.8. The van der Waals surface area contributed by atoms with E-state index in [1.54, 1.807) is 30.3 Å². The van der Waals surface area contributed by atoms with E-state index in [1.165, 1.54) is 4.90 Å². The lowest BCUT2D eigenvalue weighted by molar-refractivity contribution is -0.118. The predicted molar refractivity (Wildman–Crippen MR) is 94.9 cm³/mol. The van der Waals surface area contributed by atoms with Gasteiger partial charge in [0.25, 0.3) is 11.5 Å². The van der Waals surface area contributed by atoms with E-state index < -0.39 is 11.8 Å².